The highest BCUT2D eigenvalue weighted by Crippen LogP contribution is 2.40. The minimum atomic E-state index is -5.37. The van der Waals surface area contributed by atoms with Crippen LogP contribution in [0.25, 0.3) is 0 Å². The third-order valence-corrected chi connectivity index (χ3v) is 2.95. The van der Waals surface area contributed by atoms with E-state index < -0.39 is 41.9 Å². The third kappa shape index (κ3) is 5.88. The summed E-state index contributed by atoms with van der Waals surface area (Å²) in [6, 6.07) is 0.421. The quantitative estimate of drug-likeness (QED) is 0.419. The molecule has 0 saturated heterocycles. The molecule has 0 atom stereocenters. The van der Waals surface area contributed by atoms with E-state index in [4.69, 9.17) is 0 Å². The SMILES string of the molecule is CCOC(=O)Cc1nc(CBr)cc(C(F)(F)F)c1OC(F)(F)F. The predicted octanol–water partition coefficient (Wildman–Crippen LogP) is 4.00. The van der Waals surface area contributed by atoms with Gasteiger partial charge in [0, 0.05) is 5.33 Å². The number of halogens is 7. The van der Waals surface area contributed by atoms with Crippen LogP contribution in [0.3, 0.4) is 0 Å². The smallest absolute Gasteiger partial charge is 0.466 e. The molecular formula is C12H10BrF6NO3. The molecule has 0 N–H and O–H groups in total. The van der Waals surface area contributed by atoms with Gasteiger partial charge in [-0.25, -0.2) is 0 Å². The zero-order valence-corrected chi connectivity index (χ0v) is 13.1. The van der Waals surface area contributed by atoms with E-state index in [1.807, 2.05) is 0 Å². The van der Waals surface area contributed by atoms with E-state index in [2.05, 4.69) is 30.4 Å². The summed E-state index contributed by atoms with van der Waals surface area (Å²) >= 11 is 2.87. The summed E-state index contributed by atoms with van der Waals surface area (Å²) in [5, 5.41) is -0.155. The Bertz CT molecular complexity index is 573. The Morgan fingerprint density at radius 3 is 2.30 bits per heavy atom. The lowest BCUT2D eigenvalue weighted by Gasteiger charge is -2.19. The van der Waals surface area contributed by atoms with Crippen LogP contribution in [0.2, 0.25) is 0 Å². The average Bonchev–Trinajstić information content (AvgIpc) is 2.37. The molecule has 1 rings (SSSR count). The van der Waals surface area contributed by atoms with Crippen molar-refractivity contribution in [1.82, 2.24) is 4.98 Å². The number of rotatable bonds is 5. The van der Waals surface area contributed by atoms with Gasteiger partial charge in [0.1, 0.15) is 5.56 Å². The molecule has 11 heteroatoms. The van der Waals surface area contributed by atoms with Gasteiger partial charge in [0.05, 0.1) is 24.4 Å². The minimum Gasteiger partial charge on any atom is -0.466 e. The van der Waals surface area contributed by atoms with Gasteiger partial charge in [-0.15, -0.1) is 13.2 Å². The number of nitrogens with zero attached hydrogens (tertiary/aromatic N) is 1. The Kier molecular flexibility index (Phi) is 6.25. The molecule has 0 radical (unpaired) electrons. The first-order valence-corrected chi connectivity index (χ1v) is 7.17. The van der Waals surface area contributed by atoms with Crippen LogP contribution in [0.5, 0.6) is 5.75 Å². The van der Waals surface area contributed by atoms with Crippen molar-refractivity contribution < 1.29 is 40.6 Å². The molecule has 0 amide bonds. The number of aromatic nitrogens is 1. The lowest BCUT2D eigenvalue weighted by molar-refractivity contribution is -0.276. The molecule has 0 spiro atoms. The lowest BCUT2D eigenvalue weighted by atomic mass is 10.1. The minimum absolute atomic E-state index is 0.0848. The van der Waals surface area contributed by atoms with Crippen LogP contribution >= 0.6 is 15.9 Å². The first kappa shape index (κ1) is 19.5. The van der Waals surface area contributed by atoms with E-state index in [-0.39, 0.29) is 17.6 Å². The second-order valence-corrected chi connectivity index (χ2v) is 4.66. The largest absolute Gasteiger partial charge is 0.573 e. The zero-order chi connectivity index (χ0) is 17.8. The Balaban J connectivity index is 3.46. The maximum atomic E-state index is 13.0. The van der Waals surface area contributed by atoms with Gasteiger partial charge in [-0.05, 0) is 13.0 Å². The Morgan fingerprint density at radius 2 is 1.87 bits per heavy atom. The van der Waals surface area contributed by atoms with Crippen LogP contribution in [0, 0.1) is 0 Å². The fourth-order valence-electron chi connectivity index (χ4n) is 1.62. The molecule has 0 aliphatic heterocycles. The molecule has 4 nitrogen and oxygen atoms in total. The summed E-state index contributed by atoms with van der Waals surface area (Å²) in [5.74, 6) is -2.57. The van der Waals surface area contributed by atoms with Gasteiger partial charge in [-0.3, -0.25) is 9.78 Å². The second kappa shape index (κ2) is 7.37. The first-order chi connectivity index (χ1) is 10.5. The summed E-state index contributed by atoms with van der Waals surface area (Å²) in [5.41, 5.74) is -2.67. The van der Waals surface area contributed by atoms with Crippen molar-refractivity contribution in [2.75, 3.05) is 6.61 Å². The van der Waals surface area contributed by atoms with Crippen LogP contribution in [-0.4, -0.2) is 23.9 Å². The summed E-state index contributed by atoms with van der Waals surface area (Å²) in [7, 11) is 0. The molecule has 1 aromatic rings. The monoisotopic (exact) mass is 409 g/mol. The van der Waals surface area contributed by atoms with Crippen molar-refractivity contribution in [3.63, 3.8) is 0 Å². The van der Waals surface area contributed by atoms with Gasteiger partial charge < -0.3 is 9.47 Å². The molecule has 0 bridgehead atoms. The van der Waals surface area contributed by atoms with E-state index in [1.54, 1.807) is 0 Å². The highest BCUT2D eigenvalue weighted by Gasteiger charge is 2.41. The summed E-state index contributed by atoms with van der Waals surface area (Å²) in [6.45, 7) is 1.35. The van der Waals surface area contributed by atoms with E-state index >= 15 is 0 Å². The van der Waals surface area contributed by atoms with Crippen molar-refractivity contribution >= 4 is 21.9 Å². The second-order valence-electron chi connectivity index (χ2n) is 4.10. The van der Waals surface area contributed by atoms with Crippen LogP contribution in [-0.2, 0) is 27.5 Å². The molecule has 0 fully saturated rings. The fourth-order valence-corrected chi connectivity index (χ4v) is 1.91. The number of ether oxygens (including phenoxy) is 2. The van der Waals surface area contributed by atoms with Crippen molar-refractivity contribution in [2.45, 2.75) is 31.2 Å². The molecule has 1 aromatic heterocycles. The highest BCUT2D eigenvalue weighted by atomic mass is 79.9. The number of hydrogen-bond acceptors (Lipinski definition) is 4. The molecule has 0 unspecified atom stereocenters. The Morgan fingerprint density at radius 1 is 1.26 bits per heavy atom. The number of hydrogen-bond donors (Lipinski definition) is 0. The average molecular weight is 410 g/mol. The molecule has 1 heterocycles. The van der Waals surface area contributed by atoms with Gasteiger partial charge >= 0.3 is 18.5 Å². The standard InChI is InChI=1S/C12H10BrF6NO3/c1-2-22-9(21)4-8-10(23-12(17,18)19)7(11(14,15)16)3-6(5-13)20-8/h3H,2,4-5H2,1H3. The predicted molar refractivity (Wildman–Crippen MR) is 68.9 cm³/mol. The number of pyridine rings is 1. The summed E-state index contributed by atoms with van der Waals surface area (Å²) in [6.07, 6.45) is -11.4. The number of carbonyl (C=O) groups excluding carboxylic acids is 1. The lowest BCUT2D eigenvalue weighted by Crippen LogP contribution is -2.23. The van der Waals surface area contributed by atoms with Gasteiger partial charge in [0.25, 0.3) is 0 Å². The van der Waals surface area contributed by atoms with Crippen LogP contribution in [0.1, 0.15) is 23.9 Å². The Hall–Kier alpha value is -1.52. The van der Waals surface area contributed by atoms with Crippen LogP contribution in [0.4, 0.5) is 26.3 Å². The maximum Gasteiger partial charge on any atom is 0.573 e. The number of carbonyl (C=O) groups is 1. The molecule has 0 aliphatic carbocycles. The molecule has 0 aromatic carbocycles. The summed E-state index contributed by atoms with van der Waals surface area (Å²) < 4.78 is 84.2. The normalized spacial score (nSPS) is 12.2. The summed E-state index contributed by atoms with van der Waals surface area (Å²) in [4.78, 5) is 15.0. The molecule has 130 valence electrons. The van der Waals surface area contributed by atoms with Crippen molar-refractivity contribution in [3.8, 4) is 5.75 Å². The van der Waals surface area contributed by atoms with E-state index in [9.17, 15) is 31.1 Å². The molecule has 23 heavy (non-hydrogen) atoms. The van der Waals surface area contributed by atoms with E-state index in [0.29, 0.717) is 6.07 Å². The third-order valence-electron chi connectivity index (χ3n) is 2.37. The first-order valence-electron chi connectivity index (χ1n) is 6.05. The highest BCUT2D eigenvalue weighted by molar-refractivity contribution is 9.08. The molecular weight excluding hydrogens is 400 g/mol. The molecule has 0 saturated carbocycles. The van der Waals surface area contributed by atoms with Crippen molar-refractivity contribution in [2.24, 2.45) is 0 Å². The Labute approximate surface area is 134 Å². The number of esters is 1. The van der Waals surface area contributed by atoms with E-state index in [0.717, 1.165) is 0 Å². The zero-order valence-electron chi connectivity index (χ0n) is 11.5. The van der Waals surface area contributed by atoms with Gasteiger partial charge in [-0.1, -0.05) is 15.9 Å². The molecule has 0 aliphatic rings. The van der Waals surface area contributed by atoms with Crippen molar-refractivity contribution in [3.05, 3.63) is 23.0 Å². The van der Waals surface area contributed by atoms with Crippen molar-refractivity contribution in [1.29, 1.82) is 0 Å². The van der Waals surface area contributed by atoms with E-state index in [1.165, 1.54) is 6.92 Å². The van der Waals surface area contributed by atoms with Crippen LogP contribution < -0.4 is 4.74 Å². The van der Waals surface area contributed by atoms with Gasteiger partial charge in [0.15, 0.2) is 5.75 Å². The topological polar surface area (TPSA) is 48.4 Å². The van der Waals surface area contributed by atoms with Gasteiger partial charge in [0.2, 0.25) is 0 Å². The van der Waals surface area contributed by atoms with Gasteiger partial charge in [-0.2, -0.15) is 13.2 Å². The van der Waals surface area contributed by atoms with Crippen LogP contribution in [0.15, 0.2) is 6.07 Å². The maximum absolute atomic E-state index is 13.0. The number of alkyl halides is 7. The fraction of sp³-hybridized carbons (Fsp3) is 0.500.